The molecule has 174 valence electrons. The van der Waals surface area contributed by atoms with Crippen molar-refractivity contribution in [2.24, 2.45) is 5.92 Å². The first-order valence-corrected chi connectivity index (χ1v) is 10.1. The highest BCUT2D eigenvalue weighted by atomic mass is 19.4. The number of alkyl halides is 3. The Morgan fingerprint density at radius 1 is 0.970 bits per heavy atom. The molecule has 0 saturated carbocycles. The Balaban J connectivity index is 1.67. The van der Waals surface area contributed by atoms with Crippen molar-refractivity contribution >= 4 is 23.1 Å². The van der Waals surface area contributed by atoms with Crippen molar-refractivity contribution in [2.45, 2.75) is 20.2 Å². The average molecular weight is 460 g/mol. The number of pyridine rings is 1. The van der Waals surface area contributed by atoms with Crippen molar-refractivity contribution in [3.63, 3.8) is 0 Å². The third-order valence-electron chi connectivity index (χ3n) is 4.16. The number of aromatic nitrogens is 1. The number of anilines is 3. The lowest BCUT2D eigenvalue weighted by Gasteiger charge is -2.16. The largest absolute Gasteiger partial charge is 0.573 e. The Morgan fingerprint density at radius 2 is 1.67 bits per heavy atom. The number of rotatable bonds is 8. The van der Waals surface area contributed by atoms with Crippen LogP contribution in [0.4, 0.5) is 35.0 Å². The van der Waals surface area contributed by atoms with Crippen molar-refractivity contribution in [1.29, 1.82) is 0 Å². The van der Waals surface area contributed by atoms with E-state index in [0.717, 1.165) is 24.4 Å². The van der Waals surface area contributed by atoms with Crippen molar-refractivity contribution in [3.8, 4) is 17.4 Å². The number of carbonyl (C=O) groups excluding carboxylic acids is 1. The van der Waals surface area contributed by atoms with Gasteiger partial charge in [-0.25, -0.2) is 9.78 Å². The Labute approximate surface area is 188 Å². The highest BCUT2D eigenvalue weighted by Gasteiger charge is 2.31. The molecule has 0 radical (unpaired) electrons. The van der Waals surface area contributed by atoms with Gasteiger partial charge in [0.2, 0.25) is 5.88 Å². The number of hydrogen-bond donors (Lipinski definition) is 3. The Morgan fingerprint density at radius 3 is 2.36 bits per heavy atom. The molecule has 0 fully saturated rings. The van der Waals surface area contributed by atoms with Crippen LogP contribution >= 0.6 is 0 Å². The Bertz CT molecular complexity index is 1070. The van der Waals surface area contributed by atoms with E-state index in [1.54, 1.807) is 18.2 Å². The Hall–Kier alpha value is -3.95. The second-order valence-corrected chi connectivity index (χ2v) is 7.38. The van der Waals surface area contributed by atoms with Gasteiger partial charge < -0.3 is 25.4 Å². The second-order valence-electron chi connectivity index (χ2n) is 7.38. The second kappa shape index (κ2) is 10.6. The third kappa shape index (κ3) is 7.60. The molecule has 0 spiro atoms. The van der Waals surface area contributed by atoms with Gasteiger partial charge in [-0.2, -0.15) is 0 Å². The summed E-state index contributed by atoms with van der Waals surface area (Å²) in [7, 11) is 0. The van der Waals surface area contributed by atoms with Gasteiger partial charge in [0.15, 0.2) is 5.75 Å². The maximum absolute atomic E-state index is 12.4. The van der Waals surface area contributed by atoms with E-state index in [2.05, 4.69) is 39.5 Å². The minimum atomic E-state index is -4.79. The zero-order valence-corrected chi connectivity index (χ0v) is 17.9. The molecule has 0 atom stereocenters. The molecule has 7 nitrogen and oxygen atoms in total. The zero-order valence-electron chi connectivity index (χ0n) is 17.9. The van der Waals surface area contributed by atoms with Gasteiger partial charge in [0.05, 0.1) is 5.69 Å². The summed E-state index contributed by atoms with van der Waals surface area (Å²) in [5.41, 5.74) is 1.37. The molecule has 0 unspecified atom stereocenters. The van der Waals surface area contributed by atoms with Crippen molar-refractivity contribution in [1.82, 2.24) is 4.98 Å². The lowest BCUT2D eigenvalue weighted by molar-refractivity contribution is -0.274. The molecular weight excluding hydrogens is 437 g/mol. The number of ether oxygens (including phenoxy) is 2. The summed E-state index contributed by atoms with van der Waals surface area (Å²) in [5, 5.41) is 8.48. The molecule has 33 heavy (non-hydrogen) atoms. The van der Waals surface area contributed by atoms with Crippen LogP contribution in [0, 0.1) is 5.92 Å². The number of nitrogens with one attached hydrogen (secondary N) is 3. The summed E-state index contributed by atoms with van der Waals surface area (Å²) >= 11 is 0. The molecule has 3 aromatic rings. The number of nitrogens with zero attached hydrogens (tertiary/aromatic N) is 1. The number of halogens is 3. The van der Waals surface area contributed by atoms with Crippen LogP contribution in [0.1, 0.15) is 13.8 Å². The van der Waals surface area contributed by atoms with E-state index in [9.17, 15) is 18.0 Å². The van der Waals surface area contributed by atoms with Crippen LogP contribution in [-0.2, 0) is 0 Å². The van der Waals surface area contributed by atoms with E-state index in [-0.39, 0.29) is 17.3 Å². The molecule has 1 heterocycles. The summed E-state index contributed by atoms with van der Waals surface area (Å²) in [4.78, 5) is 16.6. The van der Waals surface area contributed by atoms with E-state index in [1.165, 1.54) is 18.3 Å². The first-order chi connectivity index (χ1) is 15.7. The van der Waals surface area contributed by atoms with Crippen LogP contribution < -0.4 is 25.4 Å². The highest BCUT2D eigenvalue weighted by Crippen LogP contribution is 2.32. The van der Waals surface area contributed by atoms with Gasteiger partial charge in [0.25, 0.3) is 0 Å². The minimum Gasteiger partial charge on any atom is -0.435 e. The predicted octanol–water partition coefficient (Wildman–Crippen LogP) is 6.48. The van der Waals surface area contributed by atoms with Crippen molar-refractivity contribution in [2.75, 3.05) is 22.5 Å². The highest BCUT2D eigenvalue weighted by molar-refractivity contribution is 6.00. The summed E-state index contributed by atoms with van der Waals surface area (Å²) in [6.07, 6.45) is -3.26. The van der Waals surface area contributed by atoms with E-state index in [1.807, 2.05) is 18.2 Å². The van der Waals surface area contributed by atoms with Gasteiger partial charge >= 0.3 is 12.4 Å². The van der Waals surface area contributed by atoms with E-state index in [0.29, 0.717) is 17.4 Å². The van der Waals surface area contributed by atoms with Gasteiger partial charge in [0, 0.05) is 18.4 Å². The van der Waals surface area contributed by atoms with Crippen LogP contribution in [0.5, 0.6) is 17.4 Å². The molecular formula is C23H23F3N4O3. The molecule has 1 aromatic heterocycles. The van der Waals surface area contributed by atoms with Crippen molar-refractivity contribution < 1.29 is 27.4 Å². The molecule has 2 amide bonds. The normalized spacial score (nSPS) is 11.1. The van der Waals surface area contributed by atoms with Gasteiger partial charge in [0.1, 0.15) is 11.4 Å². The minimum absolute atomic E-state index is 0.181. The first kappa shape index (κ1) is 23.7. The van der Waals surface area contributed by atoms with E-state index < -0.39 is 12.4 Å². The molecule has 10 heteroatoms. The van der Waals surface area contributed by atoms with Crippen LogP contribution in [0.25, 0.3) is 0 Å². The van der Waals surface area contributed by atoms with Crippen LogP contribution in [0.2, 0.25) is 0 Å². The number of carbonyl (C=O) groups is 1. The van der Waals surface area contributed by atoms with Gasteiger partial charge in [-0.3, -0.25) is 0 Å². The number of hydrogen-bond acceptors (Lipinski definition) is 5. The molecule has 0 bridgehead atoms. The quantitative estimate of drug-likeness (QED) is 0.358. The molecule has 0 aliphatic heterocycles. The van der Waals surface area contributed by atoms with Crippen LogP contribution in [0.3, 0.4) is 0 Å². The fourth-order valence-corrected chi connectivity index (χ4v) is 2.71. The fourth-order valence-electron chi connectivity index (χ4n) is 2.71. The number of urea groups is 1. The lowest BCUT2D eigenvalue weighted by Crippen LogP contribution is -2.20. The number of para-hydroxylation sites is 2. The Kier molecular flexibility index (Phi) is 7.60. The van der Waals surface area contributed by atoms with Crippen LogP contribution in [0.15, 0.2) is 66.9 Å². The lowest BCUT2D eigenvalue weighted by atomic mass is 10.2. The van der Waals surface area contributed by atoms with E-state index >= 15 is 0 Å². The molecule has 3 N–H and O–H groups in total. The first-order valence-electron chi connectivity index (χ1n) is 10.1. The number of benzene rings is 2. The van der Waals surface area contributed by atoms with Gasteiger partial charge in [-0.15, -0.1) is 13.2 Å². The smallest absolute Gasteiger partial charge is 0.435 e. The fraction of sp³-hybridized carbons (Fsp3) is 0.217. The molecule has 0 aliphatic rings. The van der Waals surface area contributed by atoms with Gasteiger partial charge in [-0.05, 0) is 54.4 Å². The topological polar surface area (TPSA) is 84.5 Å². The summed E-state index contributed by atoms with van der Waals surface area (Å²) < 4.78 is 46.6. The maximum atomic E-state index is 12.4. The summed E-state index contributed by atoms with van der Waals surface area (Å²) in [6.45, 7) is 4.93. The monoisotopic (exact) mass is 460 g/mol. The maximum Gasteiger partial charge on any atom is 0.573 e. The molecule has 0 aliphatic carbocycles. The SMILES string of the molecule is CC(C)CNc1ccccc1Oc1ncccc1NC(=O)Nc1ccc(OC(F)(F)F)cc1. The standard InChI is InChI=1S/C23H23F3N4O3/c1-15(2)14-28-18-6-3-4-8-20(18)32-21-19(7-5-13-27-21)30-22(31)29-16-9-11-17(12-10-16)33-23(24,25)26/h3-13,15,28H,14H2,1-2H3,(H2,29,30,31). The predicted molar refractivity (Wildman–Crippen MR) is 120 cm³/mol. The molecule has 0 saturated heterocycles. The summed E-state index contributed by atoms with van der Waals surface area (Å²) in [5.74, 6) is 0.769. The average Bonchev–Trinajstić information content (AvgIpc) is 2.75. The number of amides is 2. The molecule has 3 rings (SSSR count). The van der Waals surface area contributed by atoms with Crippen LogP contribution in [-0.4, -0.2) is 23.9 Å². The summed E-state index contributed by atoms with van der Waals surface area (Å²) in [6, 6.07) is 14.8. The van der Waals surface area contributed by atoms with Crippen molar-refractivity contribution in [3.05, 3.63) is 66.9 Å². The van der Waals surface area contributed by atoms with E-state index in [4.69, 9.17) is 4.74 Å². The zero-order chi connectivity index (χ0) is 23.8. The molecule has 2 aromatic carbocycles. The van der Waals surface area contributed by atoms with Gasteiger partial charge in [-0.1, -0.05) is 26.0 Å². The third-order valence-corrected chi connectivity index (χ3v) is 4.16.